The number of hydrogen-bond acceptors (Lipinski definition) is 6. The van der Waals surface area contributed by atoms with E-state index in [2.05, 4.69) is 4.90 Å². The summed E-state index contributed by atoms with van der Waals surface area (Å²) in [6.07, 6.45) is 3.38. The predicted molar refractivity (Wildman–Crippen MR) is 120 cm³/mol. The van der Waals surface area contributed by atoms with E-state index in [4.69, 9.17) is 4.74 Å². The zero-order chi connectivity index (χ0) is 21.4. The molecule has 7 nitrogen and oxygen atoms in total. The highest BCUT2D eigenvalue weighted by atomic mass is 32.2. The molecule has 4 aliphatic heterocycles. The summed E-state index contributed by atoms with van der Waals surface area (Å²) in [5.74, 6) is 1.97. The van der Waals surface area contributed by atoms with Gasteiger partial charge in [-0.15, -0.1) is 0 Å². The Morgan fingerprint density at radius 2 is 1.81 bits per heavy atom. The van der Waals surface area contributed by atoms with Crippen molar-refractivity contribution in [1.82, 2.24) is 9.80 Å². The Balaban J connectivity index is 1.28. The lowest BCUT2D eigenvalue weighted by Gasteiger charge is -2.36. The van der Waals surface area contributed by atoms with Gasteiger partial charge >= 0.3 is 0 Å². The molecule has 0 saturated carbocycles. The van der Waals surface area contributed by atoms with Crippen LogP contribution in [0, 0.1) is 5.92 Å². The first-order chi connectivity index (χ1) is 15.1. The van der Waals surface area contributed by atoms with Crippen LogP contribution in [0.3, 0.4) is 0 Å². The Hall–Kier alpha value is -2.06. The molecule has 31 heavy (non-hydrogen) atoms. The molecular formula is C23H29N3O4S. The molecule has 166 valence electrons. The number of rotatable bonds is 4. The third kappa shape index (κ3) is 3.96. The number of carbonyl (C=O) groups is 3. The molecule has 0 bridgehead atoms. The maximum atomic E-state index is 13.2. The number of nitrogens with zero attached hydrogens (tertiary/aromatic N) is 3. The smallest absolute Gasteiger partial charge is 0.263 e. The first-order valence-corrected chi connectivity index (χ1v) is 12.5. The number of benzene rings is 1. The molecule has 0 aromatic heterocycles. The minimum atomic E-state index is -0.217. The van der Waals surface area contributed by atoms with Gasteiger partial charge in [0, 0.05) is 50.2 Å². The van der Waals surface area contributed by atoms with Crippen molar-refractivity contribution >= 4 is 35.2 Å². The summed E-state index contributed by atoms with van der Waals surface area (Å²) in [5.41, 5.74) is 1.83. The highest BCUT2D eigenvalue weighted by Gasteiger charge is 2.40. The second kappa shape index (κ2) is 8.82. The lowest BCUT2D eigenvalue weighted by atomic mass is 9.94. The Morgan fingerprint density at radius 3 is 2.52 bits per heavy atom. The molecule has 0 aliphatic carbocycles. The number of piperidine rings is 1. The van der Waals surface area contributed by atoms with Crippen LogP contribution in [-0.2, 0) is 9.53 Å². The van der Waals surface area contributed by atoms with E-state index in [9.17, 15) is 14.4 Å². The lowest BCUT2D eigenvalue weighted by Crippen LogP contribution is -2.45. The van der Waals surface area contributed by atoms with E-state index in [-0.39, 0.29) is 29.7 Å². The molecule has 0 N–H and O–H groups in total. The van der Waals surface area contributed by atoms with Crippen molar-refractivity contribution in [3.8, 4) is 0 Å². The van der Waals surface area contributed by atoms with Crippen LogP contribution in [0.1, 0.15) is 46.4 Å². The highest BCUT2D eigenvalue weighted by molar-refractivity contribution is 7.99. The van der Waals surface area contributed by atoms with E-state index in [1.807, 2.05) is 28.8 Å². The molecule has 0 unspecified atom stereocenters. The maximum Gasteiger partial charge on any atom is 0.263 e. The molecule has 0 radical (unpaired) electrons. The van der Waals surface area contributed by atoms with Gasteiger partial charge < -0.3 is 14.5 Å². The first kappa shape index (κ1) is 20.8. The van der Waals surface area contributed by atoms with E-state index in [1.165, 1.54) is 4.90 Å². The third-order valence-electron chi connectivity index (χ3n) is 6.89. The highest BCUT2D eigenvalue weighted by Crippen LogP contribution is 2.35. The van der Waals surface area contributed by atoms with Crippen molar-refractivity contribution in [2.45, 2.75) is 31.8 Å². The molecule has 4 aliphatic rings. The van der Waals surface area contributed by atoms with Crippen LogP contribution < -0.4 is 4.90 Å². The van der Waals surface area contributed by atoms with Gasteiger partial charge in [-0.2, -0.15) is 11.8 Å². The summed E-state index contributed by atoms with van der Waals surface area (Å²) in [6, 6.07) is 5.54. The van der Waals surface area contributed by atoms with Crippen LogP contribution in [0.5, 0.6) is 0 Å². The molecule has 8 heteroatoms. The monoisotopic (exact) mass is 443 g/mol. The number of ether oxygens (including phenoxy) is 1. The van der Waals surface area contributed by atoms with E-state index >= 15 is 0 Å². The van der Waals surface area contributed by atoms with E-state index in [0.717, 1.165) is 69.1 Å². The van der Waals surface area contributed by atoms with Gasteiger partial charge in [0.05, 0.1) is 29.5 Å². The predicted octanol–water partition coefficient (Wildman–Crippen LogP) is 2.25. The zero-order valence-corrected chi connectivity index (χ0v) is 18.6. The van der Waals surface area contributed by atoms with Crippen molar-refractivity contribution < 1.29 is 19.1 Å². The Labute approximate surface area is 187 Å². The van der Waals surface area contributed by atoms with Crippen molar-refractivity contribution in [2.75, 3.05) is 55.7 Å². The zero-order valence-electron chi connectivity index (χ0n) is 17.8. The van der Waals surface area contributed by atoms with Crippen molar-refractivity contribution in [3.63, 3.8) is 0 Å². The second-order valence-electron chi connectivity index (χ2n) is 8.75. The van der Waals surface area contributed by atoms with Gasteiger partial charge in [-0.05, 0) is 37.8 Å². The third-order valence-corrected chi connectivity index (χ3v) is 7.84. The minimum Gasteiger partial charge on any atom is -0.376 e. The standard InChI is InChI=1S/C23H29N3O4S/c27-21(25-10-13-31-14-11-25)16-6-8-24(9-7-16)19-5-1-4-18-20(19)23(29)26(22(18)28)15-17-3-2-12-30-17/h1,4-5,16-17H,2-3,6-15H2/t17-/m0/s1. The van der Waals surface area contributed by atoms with Gasteiger partial charge in [-0.25, -0.2) is 0 Å². The van der Waals surface area contributed by atoms with Crippen LogP contribution in [0.4, 0.5) is 5.69 Å². The van der Waals surface area contributed by atoms with Crippen molar-refractivity contribution in [3.05, 3.63) is 29.3 Å². The molecule has 0 spiro atoms. The number of fused-ring (bicyclic) bond motifs is 1. The summed E-state index contributed by atoms with van der Waals surface area (Å²) in [5, 5.41) is 0. The molecule has 1 aromatic carbocycles. The van der Waals surface area contributed by atoms with Crippen molar-refractivity contribution in [2.24, 2.45) is 5.92 Å². The molecule has 5 rings (SSSR count). The fourth-order valence-corrected chi connectivity index (χ4v) is 6.05. The number of amides is 3. The average Bonchev–Trinajstić information content (AvgIpc) is 3.42. The average molecular weight is 444 g/mol. The van der Waals surface area contributed by atoms with Crippen LogP contribution in [-0.4, -0.2) is 84.5 Å². The normalized spacial score (nSPS) is 24.8. The fourth-order valence-electron chi connectivity index (χ4n) is 5.15. The van der Waals surface area contributed by atoms with Gasteiger partial charge in [0.15, 0.2) is 0 Å². The van der Waals surface area contributed by atoms with Gasteiger partial charge in [0.1, 0.15) is 0 Å². The number of carbonyl (C=O) groups excluding carboxylic acids is 3. The molecule has 4 heterocycles. The van der Waals surface area contributed by atoms with Crippen LogP contribution in [0.2, 0.25) is 0 Å². The quantitative estimate of drug-likeness (QED) is 0.665. The number of imide groups is 1. The van der Waals surface area contributed by atoms with Crippen molar-refractivity contribution in [1.29, 1.82) is 0 Å². The first-order valence-electron chi connectivity index (χ1n) is 11.4. The Bertz CT molecular complexity index is 872. The summed E-state index contributed by atoms with van der Waals surface area (Å²) in [4.78, 5) is 44.5. The van der Waals surface area contributed by atoms with Gasteiger partial charge in [0.25, 0.3) is 11.8 Å². The summed E-state index contributed by atoms with van der Waals surface area (Å²) < 4.78 is 5.65. The molecule has 3 saturated heterocycles. The molecular weight excluding hydrogens is 414 g/mol. The lowest BCUT2D eigenvalue weighted by molar-refractivity contribution is -0.135. The Kier molecular flexibility index (Phi) is 5.93. The largest absolute Gasteiger partial charge is 0.376 e. The maximum absolute atomic E-state index is 13.2. The van der Waals surface area contributed by atoms with E-state index in [0.29, 0.717) is 24.3 Å². The van der Waals surface area contributed by atoms with Crippen LogP contribution >= 0.6 is 11.8 Å². The van der Waals surface area contributed by atoms with Gasteiger partial charge in [0.2, 0.25) is 5.91 Å². The molecule has 1 atom stereocenters. The van der Waals surface area contributed by atoms with Crippen LogP contribution in [0.25, 0.3) is 0 Å². The minimum absolute atomic E-state index is 0.0550. The van der Waals surface area contributed by atoms with Crippen LogP contribution in [0.15, 0.2) is 18.2 Å². The van der Waals surface area contributed by atoms with E-state index in [1.54, 1.807) is 6.07 Å². The summed E-state index contributed by atoms with van der Waals surface area (Å²) in [6.45, 7) is 4.19. The number of hydrogen-bond donors (Lipinski definition) is 0. The fraction of sp³-hybridized carbons (Fsp3) is 0.609. The number of thioether (sulfide) groups is 1. The SMILES string of the molecule is O=C(C1CCN(c2cccc3c2C(=O)N(C[C@@H]2CCCO2)C3=O)CC1)N1CCSCC1. The van der Waals surface area contributed by atoms with Gasteiger partial charge in [-0.3, -0.25) is 19.3 Å². The summed E-state index contributed by atoms with van der Waals surface area (Å²) in [7, 11) is 0. The second-order valence-corrected chi connectivity index (χ2v) is 9.98. The van der Waals surface area contributed by atoms with E-state index < -0.39 is 0 Å². The number of anilines is 1. The molecule has 3 fully saturated rings. The topological polar surface area (TPSA) is 70.2 Å². The summed E-state index contributed by atoms with van der Waals surface area (Å²) >= 11 is 1.91. The molecule has 1 aromatic rings. The van der Waals surface area contributed by atoms with Gasteiger partial charge in [-0.1, -0.05) is 6.07 Å². The Morgan fingerprint density at radius 1 is 1.03 bits per heavy atom. The molecule has 3 amide bonds.